The summed E-state index contributed by atoms with van der Waals surface area (Å²) >= 11 is 0. The molecule has 0 N–H and O–H groups in total. The van der Waals surface area contributed by atoms with Crippen LogP contribution < -0.4 is 0 Å². The molecule has 9 heavy (non-hydrogen) atoms. The lowest BCUT2D eigenvalue weighted by Gasteiger charge is -1.98. The van der Waals surface area contributed by atoms with Crippen LogP contribution in [0, 0.1) is 13.8 Å². The molecule has 46 valence electrons. The molecule has 0 amide bonds. The molecule has 0 aliphatic heterocycles. The summed E-state index contributed by atoms with van der Waals surface area (Å²) in [5, 5.41) is 0. The maximum absolute atomic E-state index is 5.45. The van der Waals surface area contributed by atoms with Gasteiger partial charge in [-0.15, -0.1) is 0 Å². The van der Waals surface area contributed by atoms with E-state index in [1.807, 2.05) is 12.1 Å². The zero-order valence-electron chi connectivity index (χ0n) is 5.59. The molecule has 0 atom stereocenters. The van der Waals surface area contributed by atoms with Gasteiger partial charge in [0.2, 0.25) is 0 Å². The smallest absolute Gasteiger partial charge is 0.0242 e. The van der Waals surface area contributed by atoms with Gasteiger partial charge in [0.1, 0.15) is 0 Å². The van der Waals surface area contributed by atoms with Gasteiger partial charge in [-0.3, -0.25) is 0 Å². The summed E-state index contributed by atoms with van der Waals surface area (Å²) in [6, 6.07) is 8.15. The fourth-order valence-electron chi connectivity index (χ4n) is 0.839. The van der Waals surface area contributed by atoms with E-state index in [4.69, 9.17) is 6.92 Å². The average molecular weight is 118 g/mol. The standard InChI is InChI=1S/C9H10/c1-3-9-7-5-4-6-8(9)2/h1,4-7H,3H2,2H3. The van der Waals surface area contributed by atoms with Crippen molar-refractivity contribution in [2.45, 2.75) is 13.3 Å². The summed E-state index contributed by atoms with van der Waals surface area (Å²) in [6.07, 6.45) is 0.646. The molecule has 0 bridgehead atoms. The Kier molecular flexibility index (Phi) is 1.88. The monoisotopic (exact) mass is 118 g/mol. The first kappa shape index (κ1) is 6.34. The van der Waals surface area contributed by atoms with Gasteiger partial charge in [-0.1, -0.05) is 24.3 Å². The highest BCUT2D eigenvalue weighted by molar-refractivity contribution is 5.25. The summed E-state index contributed by atoms with van der Waals surface area (Å²) in [4.78, 5) is 0. The molecule has 0 nitrogen and oxygen atoms in total. The molecule has 1 aromatic rings. The number of hydrogen-bond acceptors (Lipinski definition) is 0. The van der Waals surface area contributed by atoms with Crippen LogP contribution in [0.5, 0.6) is 0 Å². The maximum atomic E-state index is 5.45. The molecule has 0 saturated heterocycles. The lowest BCUT2D eigenvalue weighted by atomic mass is 10.1. The van der Waals surface area contributed by atoms with E-state index in [0.717, 1.165) is 0 Å². The van der Waals surface area contributed by atoms with Gasteiger partial charge < -0.3 is 0 Å². The van der Waals surface area contributed by atoms with E-state index in [1.54, 1.807) is 0 Å². The molecular weight excluding hydrogens is 108 g/mol. The third-order valence-electron chi connectivity index (χ3n) is 1.48. The van der Waals surface area contributed by atoms with E-state index >= 15 is 0 Å². The van der Waals surface area contributed by atoms with Crippen LogP contribution in [0.3, 0.4) is 0 Å². The Balaban J connectivity index is 3.01. The first-order valence-corrected chi connectivity index (χ1v) is 3.09. The van der Waals surface area contributed by atoms with Crippen LogP contribution in [0.25, 0.3) is 0 Å². The van der Waals surface area contributed by atoms with E-state index < -0.39 is 0 Å². The third kappa shape index (κ3) is 1.32. The lowest BCUT2D eigenvalue weighted by Crippen LogP contribution is -1.82. The fraction of sp³-hybridized carbons (Fsp3) is 0.222. The molecule has 0 spiro atoms. The first-order valence-electron chi connectivity index (χ1n) is 3.09. The van der Waals surface area contributed by atoms with Gasteiger partial charge in [-0.05, 0) is 31.4 Å². The van der Waals surface area contributed by atoms with E-state index in [0.29, 0.717) is 6.42 Å². The number of benzene rings is 1. The zero-order valence-corrected chi connectivity index (χ0v) is 5.59. The van der Waals surface area contributed by atoms with Gasteiger partial charge in [-0.2, -0.15) is 0 Å². The van der Waals surface area contributed by atoms with Gasteiger partial charge in [0.25, 0.3) is 0 Å². The summed E-state index contributed by atoms with van der Waals surface area (Å²) in [7, 11) is 0. The first-order chi connectivity index (χ1) is 4.34. The van der Waals surface area contributed by atoms with Crippen LogP contribution in [0.4, 0.5) is 0 Å². The Morgan fingerprint density at radius 2 is 2.00 bits per heavy atom. The minimum Gasteiger partial charge on any atom is -0.0620 e. The van der Waals surface area contributed by atoms with Gasteiger partial charge >= 0.3 is 0 Å². The van der Waals surface area contributed by atoms with Crippen molar-refractivity contribution in [1.82, 2.24) is 0 Å². The SMILES string of the molecule is [CH]Cc1ccccc1C. The minimum absolute atomic E-state index is 0.646. The summed E-state index contributed by atoms with van der Waals surface area (Å²) < 4.78 is 0. The normalized spacial score (nSPS) is 9.56. The maximum Gasteiger partial charge on any atom is -0.0242 e. The number of hydrogen-bond donors (Lipinski definition) is 0. The Bertz CT molecular complexity index is 189. The molecule has 1 rings (SSSR count). The Morgan fingerprint density at radius 1 is 1.33 bits per heavy atom. The van der Waals surface area contributed by atoms with Crippen molar-refractivity contribution in [1.29, 1.82) is 0 Å². The fourth-order valence-corrected chi connectivity index (χ4v) is 0.839. The summed E-state index contributed by atoms with van der Waals surface area (Å²) in [5.74, 6) is 0. The lowest BCUT2D eigenvalue weighted by molar-refractivity contribution is 1.21. The number of aryl methyl sites for hydroxylation is 1. The predicted molar refractivity (Wildman–Crippen MR) is 39.2 cm³/mol. The van der Waals surface area contributed by atoms with Crippen molar-refractivity contribution in [2.24, 2.45) is 0 Å². The predicted octanol–water partition coefficient (Wildman–Crippen LogP) is 2.25. The van der Waals surface area contributed by atoms with E-state index in [9.17, 15) is 0 Å². The van der Waals surface area contributed by atoms with E-state index in [1.165, 1.54) is 11.1 Å². The van der Waals surface area contributed by atoms with Crippen molar-refractivity contribution in [3.05, 3.63) is 42.3 Å². The van der Waals surface area contributed by atoms with Crippen LogP contribution in [-0.4, -0.2) is 0 Å². The van der Waals surface area contributed by atoms with Crippen LogP contribution in [0.2, 0.25) is 0 Å². The molecule has 0 fully saturated rings. The molecule has 0 unspecified atom stereocenters. The second kappa shape index (κ2) is 2.67. The molecule has 0 aliphatic rings. The topological polar surface area (TPSA) is 0 Å². The second-order valence-electron chi connectivity index (χ2n) is 2.13. The average Bonchev–Trinajstić information content (AvgIpc) is 1.89. The molecule has 0 saturated carbocycles. The van der Waals surface area contributed by atoms with Gasteiger partial charge in [0.05, 0.1) is 0 Å². The molecule has 0 heteroatoms. The van der Waals surface area contributed by atoms with Crippen molar-refractivity contribution >= 4 is 0 Å². The molecule has 0 heterocycles. The number of rotatable bonds is 1. The van der Waals surface area contributed by atoms with Crippen LogP contribution in [0.1, 0.15) is 11.1 Å². The van der Waals surface area contributed by atoms with Crippen molar-refractivity contribution < 1.29 is 0 Å². The van der Waals surface area contributed by atoms with Crippen LogP contribution >= 0.6 is 0 Å². The molecular formula is C9H10. The van der Waals surface area contributed by atoms with E-state index in [2.05, 4.69) is 19.1 Å². The zero-order chi connectivity index (χ0) is 6.69. The Hall–Kier alpha value is -0.780. The van der Waals surface area contributed by atoms with Gasteiger partial charge in [0, 0.05) is 0 Å². The largest absolute Gasteiger partial charge is 0.0620 e. The Morgan fingerprint density at radius 3 is 2.44 bits per heavy atom. The second-order valence-corrected chi connectivity index (χ2v) is 2.13. The summed E-state index contributed by atoms with van der Waals surface area (Å²) in [5.41, 5.74) is 2.51. The van der Waals surface area contributed by atoms with Gasteiger partial charge in [0.15, 0.2) is 0 Å². The van der Waals surface area contributed by atoms with Crippen LogP contribution in [-0.2, 0) is 6.42 Å². The minimum atomic E-state index is 0.646. The highest BCUT2D eigenvalue weighted by Gasteiger charge is 1.89. The highest BCUT2D eigenvalue weighted by atomic mass is 13.9. The highest BCUT2D eigenvalue weighted by Crippen LogP contribution is 2.05. The van der Waals surface area contributed by atoms with Crippen molar-refractivity contribution in [2.75, 3.05) is 0 Å². The quantitative estimate of drug-likeness (QED) is 0.530. The third-order valence-corrected chi connectivity index (χ3v) is 1.48. The van der Waals surface area contributed by atoms with Crippen molar-refractivity contribution in [3.8, 4) is 0 Å². The van der Waals surface area contributed by atoms with Gasteiger partial charge in [-0.25, -0.2) is 0 Å². The summed E-state index contributed by atoms with van der Waals surface area (Å²) in [6.45, 7) is 7.52. The van der Waals surface area contributed by atoms with Crippen molar-refractivity contribution in [3.63, 3.8) is 0 Å². The Labute approximate surface area is 56.5 Å². The molecule has 0 aromatic heterocycles. The van der Waals surface area contributed by atoms with E-state index in [-0.39, 0.29) is 0 Å². The molecule has 2 radical (unpaired) electrons. The van der Waals surface area contributed by atoms with Crippen LogP contribution in [0.15, 0.2) is 24.3 Å². The molecule has 1 aromatic carbocycles. The molecule has 0 aliphatic carbocycles.